The second-order valence-electron chi connectivity index (χ2n) is 5.88. The van der Waals surface area contributed by atoms with Crippen molar-refractivity contribution >= 4 is 5.91 Å². The monoisotopic (exact) mass is 336 g/mol. The van der Waals surface area contributed by atoms with Crippen LogP contribution in [-0.2, 0) is 11.2 Å². The third-order valence-corrected chi connectivity index (χ3v) is 4.47. The van der Waals surface area contributed by atoms with E-state index in [9.17, 15) is 4.79 Å². The average Bonchev–Trinajstić information content (AvgIpc) is 2.86. The first-order chi connectivity index (χ1) is 11.6. The fourth-order valence-corrected chi connectivity index (χ4v) is 3.06. The molecule has 24 heavy (non-hydrogen) atoms. The molecule has 0 N–H and O–H groups in total. The van der Waals surface area contributed by atoms with Gasteiger partial charge in [-0.25, -0.2) is 0 Å². The van der Waals surface area contributed by atoms with Crippen LogP contribution in [0.3, 0.4) is 0 Å². The van der Waals surface area contributed by atoms with Crippen molar-refractivity contribution in [2.24, 2.45) is 0 Å². The van der Waals surface area contributed by atoms with Gasteiger partial charge in [-0.2, -0.15) is 0 Å². The van der Waals surface area contributed by atoms with Gasteiger partial charge in [0.2, 0.25) is 11.7 Å². The summed E-state index contributed by atoms with van der Waals surface area (Å²) in [6.07, 6.45) is 1.36. The Morgan fingerprint density at radius 3 is 2.21 bits per heavy atom. The smallest absolute Gasteiger partial charge is 0.227 e. The van der Waals surface area contributed by atoms with Crippen LogP contribution in [0.4, 0.5) is 0 Å². The summed E-state index contributed by atoms with van der Waals surface area (Å²) in [7, 11) is 4.73. The van der Waals surface area contributed by atoms with Crippen LogP contribution in [0.2, 0.25) is 0 Å². The molecule has 1 aromatic carbocycles. The van der Waals surface area contributed by atoms with Gasteiger partial charge in [0.1, 0.15) is 0 Å². The van der Waals surface area contributed by atoms with Crippen molar-refractivity contribution in [1.29, 1.82) is 0 Å². The van der Waals surface area contributed by atoms with Crippen molar-refractivity contribution in [1.82, 2.24) is 9.80 Å². The van der Waals surface area contributed by atoms with Gasteiger partial charge in [0.05, 0.1) is 27.8 Å². The van der Waals surface area contributed by atoms with Gasteiger partial charge in [0.25, 0.3) is 0 Å². The Hall–Kier alpha value is -1.95. The van der Waals surface area contributed by atoms with Gasteiger partial charge in [0, 0.05) is 19.6 Å². The molecule has 0 spiro atoms. The third kappa shape index (κ3) is 4.32. The maximum absolute atomic E-state index is 12.7. The van der Waals surface area contributed by atoms with Gasteiger partial charge in [0.15, 0.2) is 11.5 Å². The fraction of sp³-hybridized carbons (Fsp3) is 0.611. The first-order valence-corrected chi connectivity index (χ1v) is 8.41. The minimum absolute atomic E-state index is 0.141. The third-order valence-electron chi connectivity index (χ3n) is 4.47. The number of benzene rings is 1. The predicted octanol–water partition coefficient (Wildman–Crippen LogP) is 1.81. The van der Waals surface area contributed by atoms with Gasteiger partial charge in [-0.15, -0.1) is 0 Å². The lowest BCUT2D eigenvalue weighted by Gasteiger charge is -2.22. The first kappa shape index (κ1) is 18.4. The topological polar surface area (TPSA) is 51.2 Å². The average molecular weight is 336 g/mol. The maximum atomic E-state index is 12.7. The van der Waals surface area contributed by atoms with E-state index in [1.54, 1.807) is 21.3 Å². The van der Waals surface area contributed by atoms with E-state index in [0.29, 0.717) is 23.7 Å². The molecule has 1 saturated heterocycles. The van der Waals surface area contributed by atoms with Crippen LogP contribution in [0.25, 0.3) is 0 Å². The summed E-state index contributed by atoms with van der Waals surface area (Å²) < 4.78 is 16.0. The van der Waals surface area contributed by atoms with E-state index < -0.39 is 0 Å². The van der Waals surface area contributed by atoms with Gasteiger partial charge < -0.3 is 24.0 Å². The van der Waals surface area contributed by atoms with Crippen molar-refractivity contribution in [3.05, 3.63) is 17.7 Å². The van der Waals surface area contributed by atoms with Crippen molar-refractivity contribution in [3.8, 4) is 17.2 Å². The minimum Gasteiger partial charge on any atom is -0.493 e. The molecule has 0 unspecified atom stereocenters. The van der Waals surface area contributed by atoms with E-state index in [4.69, 9.17) is 14.2 Å². The van der Waals surface area contributed by atoms with Crippen molar-refractivity contribution in [2.75, 3.05) is 54.1 Å². The predicted molar refractivity (Wildman–Crippen MR) is 93.1 cm³/mol. The van der Waals surface area contributed by atoms with Crippen LogP contribution < -0.4 is 14.2 Å². The first-order valence-electron chi connectivity index (χ1n) is 8.41. The lowest BCUT2D eigenvalue weighted by Crippen LogP contribution is -2.36. The van der Waals surface area contributed by atoms with E-state index >= 15 is 0 Å². The molecule has 0 aromatic heterocycles. The molecule has 0 saturated carbocycles. The van der Waals surface area contributed by atoms with Crippen LogP contribution in [0.1, 0.15) is 18.9 Å². The largest absolute Gasteiger partial charge is 0.493 e. The summed E-state index contributed by atoms with van der Waals surface area (Å²) in [6.45, 7) is 6.81. The summed E-state index contributed by atoms with van der Waals surface area (Å²) in [6, 6.07) is 3.69. The number of rotatable bonds is 6. The summed E-state index contributed by atoms with van der Waals surface area (Å²) in [5, 5.41) is 0. The number of methoxy groups -OCH3 is 3. The highest BCUT2D eigenvalue weighted by Gasteiger charge is 2.20. The molecule has 134 valence electrons. The van der Waals surface area contributed by atoms with E-state index in [0.717, 1.165) is 44.7 Å². The molecule has 1 aromatic rings. The van der Waals surface area contributed by atoms with E-state index in [1.165, 1.54) is 0 Å². The zero-order valence-corrected chi connectivity index (χ0v) is 15.1. The summed E-state index contributed by atoms with van der Waals surface area (Å²) in [4.78, 5) is 17.0. The number of ether oxygens (including phenoxy) is 3. The highest BCUT2D eigenvalue weighted by Crippen LogP contribution is 2.38. The number of carbonyl (C=O) groups is 1. The Bertz CT molecular complexity index is 537. The van der Waals surface area contributed by atoms with Gasteiger partial charge in [-0.05, 0) is 37.2 Å². The standard InChI is InChI=1S/C18H28N2O4/c1-5-19-7-6-8-20(10-9-19)17(21)13-14-11-15(22-2)18(24-4)16(12-14)23-3/h11-12H,5-10,13H2,1-4H3. The molecule has 2 rings (SSSR count). The molecule has 1 amide bonds. The molecule has 0 radical (unpaired) electrons. The Labute approximate surface area is 144 Å². The van der Waals surface area contributed by atoms with E-state index in [2.05, 4.69) is 11.8 Å². The molecular formula is C18H28N2O4. The quantitative estimate of drug-likeness (QED) is 0.793. The highest BCUT2D eigenvalue weighted by atomic mass is 16.5. The summed E-state index contributed by atoms with van der Waals surface area (Å²) in [5.74, 6) is 1.84. The zero-order chi connectivity index (χ0) is 17.5. The van der Waals surface area contributed by atoms with E-state index in [-0.39, 0.29) is 5.91 Å². The second kappa shape index (κ2) is 8.78. The zero-order valence-electron chi connectivity index (χ0n) is 15.1. The summed E-state index contributed by atoms with van der Waals surface area (Å²) >= 11 is 0. The lowest BCUT2D eigenvalue weighted by molar-refractivity contribution is -0.130. The van der Waals surface area contributed by atoms with Crippen LogP contribution in [-0.4, -0.2) is 69.8 Å². The van der Waals surface area contributed by atoms with Crippen LogP contribution in [0, 0.1) is 0 Å². The summed E-state index contributed by atoms with van der Waals surface area (Å²) in [5.41, 5.74) is 0.867. The molecular weight excluding hydrogens is 308 g/mol. The Morgan fingerprint density at radius 2 is 1.67 bits per heavy atom. The Balaban J connectivity index is 2.11. The van der Waals surface area contributed by atoms with Gasteiger partial charge in [-0.1, -0.05) is 6.92 Å². The van der Waals surface area contributed by atoms with Crippen LogP contribution >= 0.6 is 0 Å². The second-order valence-corrected chi connectivity index (χ2v) is 5.88. The lowest BCUT2D eigenvalue weighted by atomic mass is 10.1. The molecule has 6 heteroatoms. The van der Waals surface area contributed by atoms with Gasteiger partial charge in [-0.3, -0.25) is 4.79 Å². The normalized spacial score (nSPS) is 15.8. The number of hydrogen-bond donors (Lipinski definition) is 0. The molecule has 0 bridgehead atoms. The van der Waals surface area contributed by atoms with Crippen molar-refractivity contribution in [3.63, 3.8) is 0 Å². The maximum Gasteiger partial charge on any atom is 0.227 e. The van der Waals surface area contributed by atoms with Gasteiger partial charge >= 0.3 is 0 Å². The Morgan fingerprint density at radius 1 is 1.00 bits per heavy atom. The van der Waals surface area contributed by atoms with Crippen molar-refractivity contribution < 1.29 is 19.0 Å². The number of carbonyl (C=O) groups excluding carboxylic acids is 1. The molecule has 1 aliphatic rings. The van der Waals surface area contributed by atoms with Crippen LogP contribution in [0.15, 0.2) is 12.1 Å². The molecule has 1 fully saturated rings. The molecule has 0 atom stereocenters. The van der Waals surface area contributed by atoms with Crippen LogP contribution in [0.5, 0.6) is 17.2 Å². The van der Waals surface area contributed by atoms with E-state index in [1.807, 2.05) is 17.0 Å². The molecule has 0 aliphatic carbocycles. The number of hydrogen-bond acceptors (Lipinski definition) is 5. The van der Waals surface area contributed by atoms with Crippen molar-refractivity contribution in [2.45, 2.75) is 19.8 Å². The fourth-order valence-electron chi connectivity index (χ4n) is 3.06. The Kier molecular flexibility index (Phi) is 6.73. The number of likely N-dealkylation sites (N-methyl/N-ethyl adjacent to an activating group) is 1. The minimum atomic E-state index is 0.141. The number of amides is 1. The molecule has 1 aliphatic heterocycles. The molecule has 6 nitrogen and oxygen atoms in total. The number of nitrogens with zero attached hydrogens (tertiary/aromatic N) is 2. The highest BCUT2D eigenvalue weighted by molar-refractivity contribution is 5.79. The SMILES string of the molecule is CCN1CCCN(C(=O)Cc2cc(OC)c(OC)c(OC)c2)CC1. The molecule has 1 heterocycles.